The first kappa shape index (κ1) is 9.33. The van der Waals surface area contributed by atoms with Crippen molar-refractivity contribution >= 4 is 5.82 Å². The van der Waals surface area contributed by atoms with Gasteiger partial charge in [-0.2, -0.15) is 4.98 Å². The van der Waals surface area contributed by atoms with Crippen molar-refractivity contribution in [3.63, 3.8) is 0 Å². The van der Waals surface area contributed by atoms with Gasteiger partial charge < -0.3 is 10.3 Å². The molecule has 16 heavy (non-hydrogen) atoms. The summed E-state index contributed by atoms with van der Waals surface area (Å²) in [7, 11) is 0. The quantitative estimate of drug-likeness (QED) is 0.830. The zero-order valence-corrected chi connectivity index (χ0v) is 8.76. The fourth-order valence-corrected chi connectivity index (χ4v) is 1.72. The Kier molecular flexibility index (Phi) is 2.09. The average molecular weight is 216 g/mol. The largest absolute Gasteiger partial charge is 0.384 e. The molecule has 3 rings (SSSR count). The second kappa shape index (κ2) is 3.59. The Morgan fingerprint density at radius 3 is 2.81 bits per heavy atom. The maximum atomic E-state index is 5.51. The smallest absolute Gasteiger partial charge is 0.259 e. The first-order valence-electron chi connectivity index (χ1n) is 5.38. The molecule has 2 N–H and O–H groups in total. The molecule has 1 fully saturated rings. The Morgan fingerprint density at radius 2 is 2.19 bits per heavy atom. The van der Waals surface area contributed by atoms with Crippen LogP contribution in [0.1, 0.15) is 31.0 Å². The Labute approximate surface area is 92.7 Å². The second-order valence-electron chi connectivity index (χ2n) is 4.06. The highest BCUT2D eigenvalue weighted by atomic mass is 16.5. The van der Waals surface area contributed by atoms with E-state index in [1.165, 1.54) is 19.3 Å². The maximum Gasteiger partial charge on any atom is 0.259 e. The minimum absolute atomic E-state index is 0.485. The Bertz CT molecular complexity index is 487. The molecule has 5 nitrogen and oxygen atoms in total. The number of aromatic nitrogens is 3. The molecule has 1 saturated carbocycles. The van der Waals surface area contributed by atoms with Gasteiger partial charge in [-0.1, -0.05) is 11.6 Å². The van der Waals surface area contributed by atoms with Gasteiger partial charge in [0.15, 0.2) is 5.82 Å². The van der Waals surface area contributed by atoms with Gasteiger partial charge in [0, 0.05) is 12.1 Å². The van der Waals surface area contributed by atoms with Crippen molar-refractivity contribution in [2.45, 2.75) is 25.2 Å². The Hall–Kier alpha value is -1.91. The summed E-state index contributed by atoms with van der Waals surface area (Å²) in [5.74, 6) is 2.31. The van der Waals surface area contributed by atoms with Crippen LogP contribution in [0.4, 0.5) is 5.82 Å². The van der Waals surface area contributed by atoms with Gasteiger partial charge in [0.25, 0.3) is 5.89 Å². The summed E-state index contributed by atoms with van der Waals surface area (Å²) in [4.78, 5) is 8.37. The molecule has 0 unspecified atom stereocenters. The van der Waals surface area contributed by atoms with E-state index in [-0.39, 0.29) is 0 Å². The molecule has 2 aromatic rings. The summed E-state index contributed by atoms with van der Waals surface area (Å²) in [5.41, 5.74) is 6.32. The monoisotopic (exact) mass is 216 g/mol. The van der Waals surface area contributed by atoms with E-state index in [4.69, 9.17) is 10.3 Å². The van der Waals surface area contributed by atoms with Gasteiger partial charge in [-0.3, -0.25) is 0 Å². The fourth-order valence-electron chi connectivity index (χ4n) is 1.72. The highest BCUT2D eigenvalue weighted by molar-refractivity contribution is 5.53. The van der Waals surface area contributed by atoms with Crippen molar-refractivity contribution in [2.24, 2.45) is 0 Å². The van der Waals surface area contributed by atoms with E-state index in [2.05, 4.69) is 15.1 Å². The van der Waals surface area contributed by atoms with Crippen molar-refractivity contribution in [1.29, 1.82) is 0 Å². The number of hydrogen-bond acceptors (Lipinski definition) is 5. The molecule has 0 bridgehead atoms. The first-order chi connectivity index (χ1) is 7.83. The zero-order valence-electron chi connectivity index (χ0n) is 8.76. The number of hydrogen-bond donors (Lipinski definition) is 1. The molecule has 82 valence electrons. The minimum Gasteiger partial charge on any atom is -0.384 e. The van der Waals surface area contributed by atoms with Crippen LogP contribution in [-0.2, 0) is 0 Å². The molecule has 1 aliphatic carbocycles. The lowest BCUT2D eigenvalue weighted by Gasteiger charge is -2.20. The summed E-state index contributed by atoms with van der Waals surface area (Å²) in [6.07, 6.45) is 5.24. The predicted octanol–water partition coefficient (Wildman–Crippen LogP) is 1.98. The molecule has 2 heterocycles. The van der Waals surface area contributed by atoms with Crippen molar-refractivity contribution in [1.82, 2.24) is 15.1 Å². The molecule has 1 aliphatic rings. The van der Waals surface area contributed by atoms with Crippen LogP contribution in [-0.4, -0.2) is 15.1 Å². The number of rotatable bonds is 2. The van der Waals surface area contributed by atoms with Crippen LogP contribution in [0.15, 0.2) is 22.9 Å². The summed E-state index contributed by atoms with van der Waals surface area (Å²) in [5, 5.41) is 3.99. The van der Waals surface area contributed by atoms with E-state index in [9.17, 15) is 0 Å². The van der Waals surface area contributed by atoms with Crippen LogP contribution in [0.5, 0.6) is 0 Å². The van der Waals surface area contributed by atoms with Crippen LogP contribution in [0, 0.1) is 0 Å². The van der Waals surface area contributed by atoms with Crippen LogP contribution >= 0.6 is 0 Å². The number of nitrogens with zero attached hydrogens (tertiary/aromatic N) is 3. The summed E-state index contributed by atoms with van der Waals surface area (Å²) in [6.45, 7) is 0. The molecule has 2 aromatic heterocycles. The summed E-state index contributed by atoms with van der Waals surface area (Å²) < 4.78 is 5.21. The molecular weight excluding hydrogens is 204 g/mol. The number of nitrogens with two attached hydrogens (primary N) is 1. The zero-order chi connectivity index (χ0) is 11.0. The molecular formula is C11H12N4O. The number of nitrogen functional groups attached to an aromatic ring is 1. The van der Waals surface area contributed by atoms with E-state index in [1.807, 2.05) is 6.07 Å². The molecule has 0 atom stereocenters. The maximum absolute atomic E-state index is 5.51. The topological polar surface area (TPSA) is 77.8 Å². The Balaban J connectivity index is 1.88. The minimum atomic E-state index is 0.485. The van der Waals surface area contributed by atoms with Gasteiger partial charge in [-0.15, -0.1) is 0 Å². The van der Waals surface area contributed by atoms with Crippen molar-refractivity contribution in [3.05, 3.63) is 24.2 Å². The van der Waals surface area contributed by atoms with Crippen LogP contribution < -0.4 is 5.73 Å². The SMILES string of the molecule is Nc1ccc(-c2nc(C3CCC3)no2)cn1. The van der Waals surface area contributed by atoms with Gasteiger partial charge in [0.1, 0.15) is 5.82 Å². The highest BCUT2D eigenvalue weighted by Crippen LogP contribution is 2.35. The van der Waals surface area contributed by atoms with Gasteiger partial charge in [-0.05, 0) is 25.0 Å². The van der Waals surface area contributed by atoms with E-state index in [0.29, 0.717) is 17.6 Å². The molecule has 0 aromatic carbocycles. The standard InChI is InChI=1S/C11H12N4O/c12-9-5-4-8(6-13-9)11-14-10(15-16-11)7-2-1-3-7/h4-7H,1-3H2,(H2,12,13). The third kappa shape index (κ3) is 1.54. The third-order valence-corrected chi connectivity index (χ3v) is 2.95. The molecule has 5 heteroatoms. The third-order valence-electron chi connectivity index (χ3n) is 2.95. The van der Waals surface area contributed by atoms with Gasteiger partial charge in [-0.25, -0.2) is 4.98 Å². The summed E-state index contributed by atoms with van der Waals surface area (Å²) in [6, 6.07) is 3.56. The Morgan fingerprint density at radius 1 is 1.31 bits per heavy atom. The fraction of sp³-hybridized carbons (Fsp3) is 0.364. The van der Waals surface area contributed by atoms with E-state index in [1.54, 1.807) is 12.3 Å². The lowest BCUT2D eigenvalue weighted by atomic mass is 9.85. The second-order valence-corrected chi connectivity index (χ2v) is 4.06. The highest BCUT2D eigenvalue weighted by Gasteiger charge is 2.24. The summed E-state index contributed by atoms with van der Waals surface area (Å²) >= 11 is 0. The average Bonchev–Trinajstić information content (AvgIpc) is 2.65. The molecule has 0 saturated heterocycles. The normalized spacial score (nSPS) is 16.0. The predicted molar refractivity (Wildman–Crippen MR) is 58.5 cm³/mol. The molecule has 0 radical (unpaired) electrons. The number of pyridine rings is 1. The van der Waals surface area contributed by atoms with Gasteiger partial charge in [0.05, 0.1) is 5.56 Å². The van der Waals surface area contributed by atoms with Crippen LogP contribution in [0.25, 0.3) is 11.5 Å². The van der Waals surface area contributed by atoms with E-state index >= 15 is 0 Å². The lowest BCUT2D eigenvalue weighted by Crippen LogP contribution is -2.10. The first-order valence-corrected chi connectivity index (χ1v) is 5.38. The van der Waals surface area contributed by atoms with Crippen molar-refractivity contribution in [3.8, 4) is 11.5 Å². The van der Waals surface area contributed by atoms with Crippen LogP contribution in [0.2, 0.25) is 0 Å². The molecule has 0 amide bonds. The van der Waals surface area contributed by atoms with Gasteiger partial charge >= 0.3 is 0 Å². The van der Waals surface area contributed by atoms with Gasteiger partial charge in [0.2, 0.25) is 0 Å². The van der Waals surface area contributed by atoms with Crippen LogP contribution in [0.3, 0.4) is 0 Å². The van der Waals surface area contributed by atoms with E-state index in [0.717, 1.165) is 11.4 Å². The van der Waals surface area contributed by atoms with Crippen molar-refractivity contribution in [2.75, 3.05) is 5.73 Å². The van der Waals surface area contributed by atoms with Crippen molar-refractivity contribution < 1.29 is 4.52 Å². The lowest BCUT2D eigenvalue weighted by molar-refractivity contribution is 0.366. The molecule has 0 aliphatic heterocycles. The number of anilines is 1. The van der Waals surface area contributed by atoms with E-state index < -0.39 is 0 Å². The molecule has 0 spiro atoms.